The van der Waals surface area contributed by atoms with Crippen LogP contribution in [0.25, 0.3) is 0 Å². The maximum atomic E-state index is 4.30. The molecule has 1 saturated heterocycles. The molecule has 1 fully saturated rings. The highest BCUT2D eigenvalue weighted by atomic mass is 15.2. The van der Waals surface area contributed by atoms with Crippen molar-refractivity contribution in [3.63, 3.8) is 0 Å². The van der Waals surface area contributed by atoms with Crippen LogP contribution in [0.5, 0.6) is 0 Å². The third kappa shape index (κ3) is 3.34. The zero-order valence-electron chi connectivity index (χ0n) is 10.4. The van der Waals surface area contributed by atoms with Crippen molar-refractivity contribution >= 4 is 0 Å². The van der Waals surface area contributed by atoms with E-state index >= 15 is 0 Å². The number of hydrogen-bond acceptors (Lipinski definition) is 2. The van der Waals surface area contributed by atoms with Crippen LogP contribution in [-0.2, 0) is 6.54 Å². The number of rotatable bonds is 4. The minimum absolute atomic E-state index is 0.827. The summed E-state index contributed by atoms with van der Waals surface area (Å²) in [6, 6.07) is 0. The predicted molar refractivity (Wildman–Crippen MR) is 66.0 cm³/mol. The van der Waals surface area contributed by atoms with Crippen LogP contribution in [0.4, 0.5) is 0 Å². The van der Waals surface area contributed by atoms with Crippen LogP contribution in [0, 0.1) is 11.8 Å². The standard InChI is InChI=1S/C13H23N3/c1-11(2)8-12-4-3-7-16(9-12)10-13-14-5-6-15-13/h5-6,11-12H,3-4,7-10H2,1-2H3,(H,14,15). The van der Waals surface area contributed by atoms with Gasteiger partial charge in [-0.2, -0.15) is 0 Å². The van der Waals surface area contributed by atoms with E-state index in [4.69, 9.17) is 0 Å². The molecule has 16 heavy (non-hydrogen) atoms. The number of nitrogens with zero attached hydrogens (tertiary/aromatic N) is 2. The minimum atomic E-state index is 0.827. The highest BCUT2D eigenvalue weighted by Gasteiger charge is 2.20. The van der Waals surface area contributed by atoms with Crippen molar-refractivity contribution in [3.8, 4) is 0 Å². The summed E-state index contributed by atoms with van der Waals surface area (Å²) in [4.78, 5) is 10.0. The van der Waals surface area contributed by atoms with Crippen molar-refractivity contribution in [1.29, 1.82) is 0 Å². The van der Waals surface area contributed by atoms with Gasteiger partial charge in [-0.1, -0.05) is 13.8 Å². The van der Waals surface area contributed by atoms with Crippen LogP contribution in [-0.4, -0.2) is 28.0 Å². The van der Waals surface area contributed by atoms with Crippen molar-refractivity contribution in [2.24, 2.45) is 11.8 Å². The zero-order chi connectivity index (χ0) is 11.4. The summed E-state index contributed by atoms with van der Waals surface area (Å²) in [6.45, 7) is 8.12. The molecule has 3 nitrogen and oxygen atoms in total. The molecule has 2 rings (SSSR count). The normalized spacial score (nSPS) is 22.8. The van der Waals surface area contributed by atoms with Gasteiger partial charge in [-0.05, 0) is 37.6 Å². The Labute approximate surface area is 98.3 Å². The lowest BCUT2D eigenvalue weighted by Crippen LogP contribution is -2.35. The van der Waals surface area contributed by atoms with Gasteiger partial charge >= 0.3 is 0 Å². The second kappa shape index (κ2) is 5.48. The summed E-state index contributed by atoms with van der Waals surface area (Å²) in [5.41, 5.74) is 0. The van der Waals surface area contributed by atoms with E-state index in [-0.39, 0.29) is 0 Å². The van der Waals surface area contributed by atoms with E-state index in [1.807, 2.05) is 12.4 Å². The monoisotopic (exact) mass is 221 g/mol. The summed E-state index contributed by atoms with van der Waals surface area (Å²) in [5, 5.41) is 0. The molecule has 1 aromatic rings. The Morgan fingerprint density at radius 1 is 1.56 bits per heavy atom. The van der Waals surface area contributed by atoms with Crippen molar-refractivity contribution in [3.05, 3.63) is 18.2 Å². The van der Waals surface area contributed by atoms with E-state index in [1.54, 1.807) is 0 Å². The Morgan fingerprint density at radius 3 is 3.12 bits per heavy atom. The SMILES string of the molecule is CC(C)CC1CCCN(Cc2ncc[nH]2)C1. The van der Waals surface area contributed by atoms with E-state index in [1.165, 1.54) is 32.4 Å². The van der Waals surface area contributed by atoms with Crippen molar-refractivity contribution in [2.75, 3.05) is 13.1 Å². The van der Waals surface area contributed by atoms with Gasteiger partial charge in [0.15, 0.2) is 0 Å². The molecule has 0 aliphatic carbocycles. The molecule has 0 aromatic carbocycles. The quantitative estimate of drug-likeness (QED) is 0.847. The van der Waals surface area contributed by atoms with Gasteiger partial charge in [0.05, 0.1) is 6.54 Å². The molecule has 90 valence electrons. The Hall–Kier alpha value is -0.830. The molecule has 1 atom stereocenters. The molecular weight excluding hydrogens is 198 g/mol. The van der Waals surface area contributed by atoms with Gasteiger partial charge in [0, 0.05) is 18.9 Å². The van der Waals surface area contributed by atoms with Crippen molar-refractivity contribution < 1.29 is 0 Å². The Kier molecular flexibility index (Phi) is 3.99. The first-order chi connectivity index (χ1) is 7.74. The molecule has 3 heteroatoms. The summed E-state index contributed by atoms with van der Waals surface area (Å²) in [7, 11) is 0. The molecule has 0 saturated carbocycles. The van der Waals surface area contributed by atoms with Crippen LogP contribution in [0.1, 0.15) is 38.9 Å². The first kappa shape index (κ1) is 11.6. The fourth-order valence-corrected chi connectivity index (χ4v) is 2.75. The molecular formula is C13H23N3. The van der Waals surface area contributed by atoms with Crippen LogP contribution in [0.2, 0.25) is 0 Å². The summed E-state index contributed by atoms with van der Waals surface area (Å²) < 4.78 is 0. The lowest BCUT2D eigenvalue weighted by Gasteiger charge is -2.32. The van der Waals surface area contributed by atoms with Gasteiger partial charge in [0.1, 0.15) is 5.82 Å². The van der Waals surface area contributed by atoms with E-state index < -0.39 is 0 Å². The summed E-state index contributed by atoms with van der Waals surface area (Å²) in [6.07, 6.45) is 7.87. The molecule has 2 heterocycles. The smallest absolute Gasteiger partial charge is 0.120 e. The molecule has 1 unspecified atom stereocenters. The van der Waals surface area contributed by atoms with Crippen LogP contribution < -0.4 is 0 Å². The molecule has 1 N–H and O–H groups in total. The van der Waals surface area contributed by atoms with Crippen molar-refractivity contribution in [2.45, 2.75) is 39.7 Å². The fourth-order valence-electron chi connectivity index (χ4n) is 2.75. The summed E-state index contributed by atoms with van der Waals surface area (Å²) >= 11 is 0. The number of piperidine rings is 1. The van der Waals surface area contributed by atoms with Gasteiger partial charge < -0.3 is 4.98 Å². The molecule has 0 amide bonds. The number of hydrogen-bond donors (Lipinski definition) is 1. The third-order valence-electron chi connectivity index (χ3n) is 3.34. The van der Waals surface area contributed by atoms with E-state index in [0.717, 1.165) is 24.2 Å². The molecule has 1 aliphatic rings. The lowest BCUT2D eigenvalue weighted by molar-refractivity contribution is 0.150. The Morgan fingerprint density at radius 2 is 2.44 bits per heavy atom. The Bertz CT molecular complexity index is 292. The van der Waals surface area contributed by atoms with Gasteiger partial charge in [-0.3, -0.25) is 4.90 Å². The highest BCUT2D eigenvalue weighted by molar-refractivity contribution is 4.88. The predicted octanol–water partition coefficient (Wildman–Crippen LogP) is 2.67. The Balaban J connectivity index is 1.82. The number of imidazole rings is 1. The lowest BCUT2D eigenvalue weighted by atomic mass is 9.90. The fraction of sp³-hybridized carbons (Fsp3) is 0.769. The minimum Gasteiger partial charge on any atom is -0.348 e. The third-order valence-corrected chi connectivity index (χ3v) is 3.34. The topological polar surface area (TPSA) is 31.9 Å². The van der Waals surface area contributed by atoms with E-state index in [0.29, 0.717) is 0 Å². The summed E-state index contributed by atoms with van der Waals surface area (Å²) in [5.74, 6) is 2.82. The molecule has 1 aromatic heterocycles. The zero-order valence-corrected chi connectivity index (χ0v) is 10.4. The maximum Gasteiger partial charge on any atom is 0.120 e. The van der Waals surface area contributed by atoms with Crippen LogP contribution in [0.15, 0.2) is 12.4 Å². The van der Waals surface area contributed by atoms with E-state index in [9.17, 15) is 0 Å². The molecule has 0 radical (unpaired) electrons. The second-order valence-corrected chi connectivity index (χ2v) is 5.41. The van der Waals surface area contributed by atoms with Crippen LogP contribution >= 0.6 is 0 Å². The number of likely N-dealkylation sites (tertiary alicyclic amines) is 1. The first-order valence-electron chi connectivity index (χ1n) is 6.44. The first-order valence-corrected chi connectivity index (χ1v) is 6.44. The average molecular weight is 221 g/mol. The number of H-pyrrole nitrogens is 1. The largest absolute Gasteiger partial charge is 0.348 e. The molecule has 0 bridgehead atoms. The van der Waals surface area contributed by atoms with Gasteiger partial charge in [-0.15, -0.1) is 0 Å². The van der Waals surface area contributed by atoms with Gasteiger partial charge in [0.2, 0.25) is 0 Å². The average Bonchev–Trinajstić information content (AvgIpc) is 2.70. The maximum absolute atomic E-state index is 4.30. The van der Waals surface area contributed by atoms with Gasteiger partial charge in [0.25, 0.3) is 0 Å². The molecule has 0 spiro atoms. The van der Waals surface area contributed by atoms with E-state index in [2.05, 4.69) is 28.7 Å². The van der Waals surface area contributed by atoms with Crippen LogP contribution in [0.3, 0.4) is 0 Å². The van der Waals surface area contributed by atoms with Crippen molar-refractivity contribution in [1.82, 2.24) is 14.9 Å². The number of nitrogens with one attached hydrogen (secondary N) is 1. The highest BCUT2D eigenvalue weighted by Crippen LogP contribution is 2.23. The second-order valence-electron chi connectivity index (χ2n) is 5.41. The number of aromatic nitrogens is 2. The number of aromatic amines is 1. The van der Waals surface area contributed by atoms with Gasteiger partial charge in [-0.25, -0.2) is 4.98 Å². The molecule has 1 aliphatic heterocycles.